The molecule has 0 aromatic heterocycles. The maximum Gasteiger partial charge on any atom is 0.251 e. The van der Waals surface area contributed by atoms with E-state index < -0.39 is 5.91 Å². The first-order valence-electron chi connectivity index (χ1n) is 7.85. The van der Waals surface area contributed by atoms with Gasteiger partial charge in [0, 0.05) is 18.2 Å². The van der Waals surface area contributed by atoms with E-state index in [1.165, 1.54) is 0 Å². The summed E-state index contributed by atoms with van der Waals surface area (Å²) < 4.78 is 5.10. The SMILES string of the molecule is CC[C@@H](COC)NC(=O)c1cccc(-c2ccccc2C(N)=O)c1. The van der Waals surface area contributed by atoms with E-state index in [4.69, 9.17) is 10.5 Å². The van der Waals surface area contributed by atoms with Crippen LogP contribution in [0.15, 0.2) is 48.5 Å². The van der Waals surface area contributed by atoms with Crippen molar-refractivity contribution in [1.29, 1.82) is 0 Å². The molecule has 5 heteroatoms. The van der Waals surface area contributed by atoms with Crippen molar-refractivity contribution in [2.75, 3.05) is 13.7 Å². The molecule has 0 saturated carbocycles. The summed E-state index contributed by atoms with van der Waals surface area (Å²) in [4.78, 5) is 24.0. The standard InChI is InChI=1S/C19H22N2O3/c1-3-15(12-24-2)21-19(23)14-8-6-7-13(11-14)16-9-4-5-10-17(16)18(20)22/h4-11,15H,3,12H2,1-2H3,(H2,20,22)(H,21,23)/t15-/m0/s1. The zero-order valence-electron chi connectivity index (χ0n) is 13.9. The maximum atomic E-state index is 12.4. The Hall–Kier alpha value is -2.66. The molecule has 1 atom stereocenters. The van der Waals surface area contributed by atoms with Gasteiger partial charge >= 0.3 is 0 Å². The average Bonchev–Trinajstić information content (AvgIpc) is 2.61. The minimum atomic E-state index is -0.494. The van der Waals surface area contributed by atoms with Crippen molar-refractivity contribution in [2.45, 2.75) is 19.4 Å². The minimum absolute atomic E-state index is 0.0379. The number of carbonyl (C=O) groups excluding carboxylic acids is 2. The van der Waals surface area contributed by atoms with Crippen molar-refractivity contribution in [3.05, 3.63) is 59.7 Å². The highest BCUT2D eigenvalue weighted by atomic mass is 16.5. The van der Waals surface area contributed by atoms with E-state index in [1.807, 2.05) is 25.1 Å². The van der Waals surface area contributed by atoms with Gasteiger partial charge in [-0.05, 0) is 35.7 Å². The minimum Gasteiger partial charge on any atom is -0.383 e. The van der Waals surface area contributed by atoms with Crippen LogP contribution in [0.2, 0.25) is 0 Å². The van der Waals surface area contributed by atoms with E-state index in [1.54, 1.807) is 37.4 Å². The zero-order valence-corrected chi connectivity index (χ0v) is 13.9. The summed E-state index contributed by atoms with van der Waals surface area (Å²) in [6, 6.07) is 14.2. The number of carbonyl (C=O) groups is 2. The second-order valence-electron chi connectivity index (χ2n) is 5.52. The van der Waals surface area contributed by atoms with Crippen molar-refractivity contribution in [2.24, 2.45) is 5.73 Å². The van der Waals surface area contributed by atoms with Crippen LogP contribution in [0.5, 0.6) is 0 Å². The van der Waals surface area contributed by atoms with E-state index in [2.05, 4.69) is 5.32 Å². The number of benzene rings is 2. The van der Waals surface area contributed by atoms with Crippen molar-refractivity contribution in [3.8, 4) is 11.1 Å². The van der Waals surface area contributed by atoms with E-state index in [-0.39, 0.29) is 11.9 Å². The van der Waals surface area contributed by atoms with Crippen molar-refractivity contribution >= 4 is 11.8 Å². The maximum absolute atomic E-state index is 12.4. The lowest BCUT2D eigenvalue weighted by Gasteiger charge is -2.16. The number of methoxy groups -OCH3 is 1. The van der Waals surface area contributed by atoms with Gasteiger partial charge in [0.25, 0.3) is 5.91 Å². The molecule has 2 amide bonds. The number of primary amides is 1. The largest absolute Gasteiger partial charge is 0.383 e. The Labute approximate surface area is 141 Å². The Morgan fingerprint density at radius 1 is 1.17 bits per heavy atom. The first-order valence-corrected chi connectivity index (χ1v) is 7.85. The van der Waals surface area contributed by atoms with Crippen LogP contribution >= 0.6 is 0 Å². The Morgan fingerprint density at radius 3 is 2.58 bits per heavy atom. The van der Waals surface area contributed by atoms with Gasteiger partial charge in [-0.3, -0.25) is 9.59 Å². The number of amides is 2. The molecule has 0 radical (unpaired) electrons. The highest BCUT2D eigenvalue weighted by molar-refractivity contribution is 6.01. The first-order chi connectivity index (χ1) is 11.6. The normalized spacial score (nSPS) is 11.8. The molecule has 0 bridgehead atoms. The van der Waals surface area contributed by atoms with E-state index in [9.17, 15) is 9.59 Å². The molecule has 3 N–H and O–H groups in total. The van der Waals surface area contributed by atoms with Gasteiger partial charge in [0.2, 0.25) is 5.91 Å². The third kappa shape index (κ3) is 4.20. The van der Waals surface area contributed by atoms with Gasteiger partial charge in [-0.1, -0.05) is 37.3 Å². The quantitative estimate of drug-likeness (QED) is 0.820. The zero-order chi connectivity index (χ0) is 17.5. The smallest absolute Gasteiger partial charge is 0.251 e. The van der Waals surface area contributed by atoms with Crippen molar-refractivity contribution in [3.63, 3.8) is 0 Å². The van der Waals surface area contributed by atoms with Gasteiger partial charge in [-0.2, -0.15) is 0 Å². The summed E-state index contributed by atoms with van der Waals surface area (Å²) in [7, 11) is 1.61. The van der Waals surface area contributed by atoms with Crippen LogP contribution in [-0.2, 0) is 4.74 Å². The molecule has 0 fully saturated rings. The lowest BCUT2D eigenvalue weighted by atomic mass is 9.97. The van der Waals surface area contributed by atoms with E-state index in [0.29, 0.717) is 23.3 Å². The second kappa shape index (κ2) is 8.26. The molecule has 126 valence electrons. The summed E-state index contributed by atoms with van der Waals surface area (Å²) in [5.74, 6) is -0.663. The Bertz CT molecular complexity index is 728. The van der Waals surface area contributed by atoms with Gasteiger partial charge < -0.3 is 15.8 Å². The summed E-state index contributed by atoms with van der Waals surface area (Å²) in [6.07, 6.45) is 0.782. The molecule has 2 aromatic rings. The monoisotopic (exact) mass is 326 g/mol. The van der Waals surface area contributed by atoms with E-state index in [0.717, 1.165) is 12.0 Å². The fourth-order valence-corrected chi connectivity index (χ4v) is 2.51. The molecule has 0 aliphatic rings. The van der Waals surface area contributed by atoms with Crippen LogP contribution < -0.4 is 11.1 Å². The molecular weight excluding hydrogens is 304 g/mol. The van der Waals surface area contributed by atoms with Crippen molar-refractivity contribution < 1.29 is 14.3 Å². The van der Waals surface area contributed by atoms with Gasteiger partial charge in [0.05, 0.1) is 12.6 Å². The number of hydrogen-bond donors (Lipinski definition) is 2. The highest BCUT2D eigenvalue weighted by Gasteiger charge is 2.14. The number of ether oxygens (including phenoxy) is 1. The number of nitrogens with two attached hydrogens (primary N) is 1. The van der Waals surface area contributed by atoms with Gasteiger partial charge in [-0.15, -0.1) is 0 Å². The van der Waals surface area contributed by atoms with Crippen LogP contribution in [0.3, 0.4) is 0 Å². The van der Waals surface area contributed by atoms with Crippen LogP contribution in [0.25, 0.3) is 11.1 Å². The highest BCUT2D eigenvalue weighted by Crippen LogP contribution is 2.24. The molecule has 0 spiro atoms. The number of nitrogens with one attached hydrogen (secondary N) is 1. The molecular formula is C19H22N2O3. The fourth-order valence-electron chi connectivity index (χ4n) is 2.51. The molecule has 2 aromatic carbocycles. The molecule has 2 rings (SSSR count). The van der Waals surface area contributed by atoms with Gasteiger partial charge in [0.15, 0.2) is 0 Å². The molecule has 0 aliphatic heterocycles. The first kappa shape index (κ1) is 17.7. The molecule has 0 heterocycles. The third-order valence-corrected chi connectivity index (χ3v) is 3.82. The van der Waals surface area contributed by atoms with Crippen LogP contribution in [0, 0.1) is 0 Å². The van der Waals surface area contributed by atoms with Crippen LogP contribution in [0.1, 0.15) is 34.1 Å². The Morgan fingerprint density at radius 2 is 1.92 bits per heavy atom. The van der Waals surface area contributed by atoms with Crippen molar-refractivity contribution in [1.82, 2.24) is 5.32 Å². The predicted molar refractivity (Wildman–Crippen MR) is 93.8 cm³/mol. The summed E-state index contributed by atoms with van der Waals surface area (Å²) in [5.41, 5.74) is 7.88. The Balaban J connectivity index is 2.29. The van der Waals surface area contributed by atoms with Crippen LogP contribution in [0.4, 0.5) is 0 Å². The lowest BCUT2D eigenvalue weighted by molar-refractivity contribution is 0.0894. The second-order valence-corrected chi connectivity index (χ2v) is 5.52. The lowest BCUT2D eigenvalue weighted by Crippen LogP contribution is -2.37. The van der Waals surface area contributed by atoms with Crippen LogP contribution in [-0.4, -0.2) is 31.6 Å². The Kier molecular flexibility index (Phi) is 6.09. The fraction of sp³-hybridized carbons (Fsp3) is 0.263. The predicted octanol–water partition coefficient (Wildman–Crippen LogP) is 2.61. The van der Waals surface area contributed by atoms with E-state index >= 15 is 0 Å². The van der Waals surface area contributed by atoms with Gasteiger partial charge in [0.1, 0.15) is 0 Å². The average molecular weight is 326 g/mol. The number of hydrogen-bond acceptors (Lipinski definition) is 3. The summed E-state index contributed by atoms with van der Waals surface area (Å²) in [6.45, 7) is 2.45. The third-order valence-electron chi connectivity index (χ3n) is 3.82. The molecule has 0 aliphatic carbocycles. The van der Waals surface area contributed by atoms with Gasteiger partial charge in [-0.25, -0.2) is 0 Å². The molecule has 0 unspecified atom stereocenters. The number of rotatable bonds is 7. The molecule has 5 nitrogen and oxygen atoms in total. The molecule has 0 saturated heterocycles. The topological polar surface area (TPSA) is 81.4 Å². The summed E-state index contributed by atoms with van der Waals surface area (Å²) in [5, 5.41) is 2.94. The summed E-state index contributed by atoms with van der Waals surface area (Å²) >= 11 is 0. The molecule has 24 heavy (non-hydrogen) atoms.